The summed E-state index contributed by atoms with van der Waals surface area (Å²) in [4.78, 5) is 14.3. The number of hydrogen-bond acceptors (Lipinski definition) is 3. The lowest BCUT2D eigenvalue weighted by Crippen LogP contribution is -2.40. The molecule has 1 atom stereocenters. The molecule has 1 amide bonds. The Balaban J connectivity index is 1.72. The van der Waals surface area contributed by atoms with Crippen LogP contribution in [0.2, 0.25) is 0 Å². The van der Waals surface area contributed by atoms with Crippen LogP contribution in [-0.4, -0.2) is 46.8 Å². The first-order valence-electron chi connectivity index (χ1n) is 6.65. The molecule has 1 N–H and O–H groups in total. The third-order valence-electron chi connectivity index (χ3n) is 3.51. The Kier molecular flexibility index (Phi) is 4.36. The van der Waals surface area contributed by atoms with E-state index < -0.39 is 0 Å². The Labute approximate surface area is 108 Å². The van der Waals surface area contributed by atoms with Crippen LogP contribution in [-0.2, 0) is 7.05 Å². The molecule has 0 bridgehead atoms. The average Bonchev–Trinajstić information content (AvgIpc) is 2.75. The minimum absolute atomic E-state index is 0.0416. The highest BCUT2D eigenvalue weighted by molar-refractivity contribution is 5.92. The summed E-state index contributed by atoms with van der Waals surface area (Å²) in [7, 11) is 1.78. The van der Waals surface area contributed by atoms with Crippen LogP contribution >= 0.6 is 0 Å². The van der Waals surface area contributed by atoms with Crippen molar-refractivity contribution in [3.63, 3.8) is 0 Å². The van der Waals surface area contributed by atoms with Gasteiger partial charge in [0.05, 0.1) is 0 Å². The first-order chi connectivity index (χ1) is 8.66. The van der Waals surface area contributed by atoms with Gasteiger partial charge >= 0.3 is 0 Å². The van der Waals surface area contributed by atoms with E-state index in [0.29, 0.717) is 12.2 Å². The van der Waals surface area contributed by atoms with Gasteiger partial charge in [0.25, 0.3) is 5.91 Å². The first-order valence-corrected chi connectivity index (χ1v) is 6.65. The van der Waals surface area contributed by atoms with Crippen molar-refractivity contribution in [3.05, 3.63) is 18.0 Å². The molecule has 1 aliphatic rings. The van der Waals surface area contributed by atoms with Gasteiger partial charge in [0.15, 0.2) is 0 Å². The smallest absolute Gasteiger partial charge is 0.269 e. The predicted octanol–water partition coefficient (Wildman–Crippen LogP) is 0.882. The lowest BCUT2D eigenvalue weighted by atomic mass is 10.0. The minimum atomic E-state index is -0.0416. The van der Waals surface area contributed by atoms with E-state index in [1.165, 1.54) is 12.8 Å². The van der Waals surface area contributed by atoms with E-state index in [4.69, 9.17) is 0 Å². The number of piperidine rings is 1. The second kappa shape index (κ2) is 6.00. The van der Waals surface area contributed by atoms with Crippen molar-refractivity contribution in [2.75, 3.05) is 26.2 Å². The summed E-state index contributed by atoms with van der Waals surface area (Å²) in [6.45, 7) is 6.25. The SMILES string of the molecule is C[C@H]1CCCN(CCNC(=O)c2ccnn2C)C1. The fraction of sp³-hybridized carbons (Fsp3) is 0.692. The van der Waals surface area contributed by atoms with Crippen molar-refractivity contribution in [3.8, 4) is 0 Å². The van der Waals surface area contributed by atoms with Gasteiger partial charge in [0.2, 0.25) is 0 Å². The number of carbonyl (C=O) groups is 1. The molecule has 5 nitrogen and oxygen atoms in total. The number of likely N-dealkylation sites (tertiary alicyclic amines) is 1. The van der Waals surface area contributed by atoms with Gasteiger partial charge in [-0.05, 0) is 31.4 Å². The molecule has 100 valence electrons. The maximum Gasteiger partial charge on any atom is 0.269 e. The molecule has 0 radical (unpaired) electrons. The molecule has 0 unspecified atom stereocenters. The van der Waals surface area contributed by atoms with Gasteiger partial charge in [-0.3, -0.25) is 9.48 Å². The van der Waals surface area contributed by atoms with Crippen LogP contribution < -0.4 is 5.32 Å². The van der Waals surface area contributed by atoms with Crippen molar-refractivity contribution >= 4 is 5.91 Å². The van der Waals surface area contributed by atoms with Gasteiger partial charge in [-0.2, -0.15) is 5.10 Å². The van der Waals surface area contributed by atoms with Gasteiger partial charge in [-0.15, -0.1) is 0 Å². The lowest BCUT2D eigenvalue weighted by Gasteiger charge is -2.30. The number of aryl methyl sites for hydroxylation is 1. The standard InChI is InChI=1S/C13H22N4O/c1-11-4-3-8-17(10-11)9-7-14-13(18)12-5-6-15-16(12)2/h5-6,11H,3-4,7-10H2,1-2H3,(H,14,18)/t11-/m0/s1. The maximum absolute atomic E-state index is 11.8. The molecule has 1 aromatic rings. The van der Waals surface area contributed by atoms with Crippen LogP contribution in [0.25, 0.3) is 0 Å². The molecule has 0 spiro atoms. The van der Waals surface area contributed by atoms with Crippen molar-refractivity contribution in [1.29, 1.82) is 0 Å². The van der Waals surface area contributed by atoms with Crippen molar-refractivity contribution in [1.82, 2.24) is 20.0 Å². The van der Waals surface area contributed by atoms with E-state index in [-0.39, 0.29) is 5.91 Å². The van der Waals surface area contributed by atoms with Gasteiger partial charge in [-0.25, -0.2) is 0 Å². The largest absolute Gasteiger partial charge is 0.349 e. The monoisotopic (exact) mass is 250 g/mol. The Morgan fingerprint density at radius 2 is 2.44 bits per heavy atom. The number of hydrogen-bond donors (Lipinski definition) is 1. The van der Waals surface area contributed by atoms with Crippen LogP contribution in [0.3, 0.4) is 0 Å². The maximum atomic E-state index is 11.8. The number of nitrogens with one attached hydrogen (secondary N) is 1. The Hall–Kier alpha value is -1.36. The van der Waals surface area contributed by atoms with E-state index in [0.717, 1.165) is 25.6 Å². The highest BCUT2D eigenvalue weighted by Crippen LogP contribution is 2.14. The van der Waals surface area contributed by atoms with Gasteiger partial charge in [-0.1, -0.05) is 6.92 Å². The number of rotatable bonds is 4. The average molecular weight is 250 g/mol. The number of carbonyl (C=O) groups excluding carboxylic acids is 1. The normalized spacial score (nSPS) is 20.9. The Morgan fingerprint density at radius 3 is 3.11 bits per heavy atom. The molecule has 2 heterocycles. The highest BCUT2D eigenvalue weighted by Gasteiger charge is 2.16. The predicted molar refractivity (Wildman–Crippen MR) is 70.4 cm³/mol. The van der Waals surface area contributed by atoms with Crippen LogP contribution in [0, 0.1) is 5.92 Å². The topological polar surface area (TPSA) is 50.2 Å². The minimum Gasteiger partial charge on any atom is -0.349 e. The Morgan fingerprint density at radius 1 is 1.61 bits per heavy atom. The van der Waals surface area contributed by atoms with Crippen LogP contribution in [0.1, 0.15) is 30.3 Å². The van der Waals surface area contributed by atoms with Gasteiger partial charge < -0.3 is 10.2 Å². The summed E-state index contributed by atoms with van der Waals surface area (Å²) in [5.41, 5.74) is 0.613. The molecule has 18 heavy (non-hydrogen) atoms. The molecule has 0 saturated carbocycles. The molecule has 1 saturated heterocycles. The summed E-state index contributed by atoms with van der Waals surface area (Å²) in [5, 5.41) is 6.94. The second-order valence-corrected chi connectivity index (χ2v) is 5.14. The summed E-state index contributed by atoms with van der Waals surface area (Å²) in [5.74, 6) is 0.742. The Bertz CT molecular complexity index is 401. The van der Waals surface area contributed by atoms with Crippen LogP contribution in [0.4, 0.5) is 0 Å². The zero-order valence-electron chi connectivity index (χ0n) is 11.2. The molecule has 2 rings (SSSR count). The molecule has 0 aliphatic carbocycles. The number of nitrogens with zero attached hydrogens (tertiary/aromatic N) is 3. The van der Waals surface area contributed by atoms with E-state index in [1.54, 1.807) is 24.0 Å². The van der Waals surface area contributed by atoms with Crippen molar-refractivity contribution in [2.24, 2.45) is 13.0 Å². The first kappa shape index (κ1) is 13.1. The summed E-state index contributed by atoms with van der Waals surface area (Å²) in [6.07, 6.45) is 4.25. The molecule has 1 aliphatic heterocycles. The van der Waals surface area contributed by atoms with E-state index in [1.807, 2.05) is 0 Å². The van der Waals surface area contributed by atoms with Crippen molar-refractivity contribution < 1.29 is 4.79 Å². The van der Waals surface area contributed by atoms with Crippen LogP contribution in [0.5, 0.6) is 0 Å². The molecule has 5 heteroatoms. The van der Waals surface area contributed by atoms with Crippen molar-refractivity contribution in [2.45, 2.75) is 19.8 Å². The molecular formula is C13H22N4O. The zero-order valence-corrected chi connectivity index (χ0v) is 11.2. The molecule has 0 aromatic carbocycles. The number of amides is 1. The molecule has 1 aromatic heterocycles. The summed E-state index contributed by atoms with van der Waals surface area (Å²) in [6, 6.07) is 1.73. The van der Waals surface area contributed by atoms with Crippen LogP contribution in [0.15, 0.2) is 12.3 Å². The highest BCUT2D eigenvalue weighted by atomic mass is 16.2. The fourth-order valence-electron chi connectivity index (χ4n) is 2.50. The lowest BCUT2D eigenvalue weighted by molar-refractivity contribution is 0.0934. The third-order valence-corrected chi connectivity index (χ3v) is 3.51. The van der Waals surface area contributed by atoms with E-state index in [9.17, 15) is 4.79 Å². The third kappa shape index (κ3) is 3.32. The van der Waals surface area contributed by atoms with E-state index >= 15 is 0 Å². The number of aromatic nitrogens is 2. The van der Waals surface area contributed by atoms with Gasteiger partial charge in [0, 0.05) is 32.9 Å². The summed E-state index contributed by atoms with van der Waals surface area (Å²) >= 11 is 0. The fourth-order valence-corrected chi connectivity index (χ4v) is 2.50. The second-order valence-electron chi connectivity index (χ2n) is 5.14. The quantitative estimate of drug-likeness (QED) is 0.863. The molecular weight excluding hydrogens is 228 g/mol. The molecule has 1 fully saturated rings. The van der Waals surface area contributed by atoms with E-state index in [2.05, 4.69) is 22.2 Å². The summed E-state index contributed by atoms with van der Waals surface area (Å²) < 4.78 is 1.60. The van der Waals surface area contributed by atoms with Gasteiger partial charge in [0.1, 0.15) is 5.69 Å². The zero-order chi connectivity index (χ0) is 13.0.